The molecule has 0 saturated carbocycles. The van der Waals surface area contributed by atoms with Crippen LogP contribution in [-0.2, 0) is 16.0 Å². The van der Waals surface area contributed by atoms with Gasteiger partial charge in [-0.15, -0.1) is 0 Å². The largest absolute Gasteiger partial charge is 0.468 e. The third kappa shape index (κ3) is 3.34. The fraction of sp³-hybridized carbons (Fsp3) is 0.263. The normalized spacial score (nSPS) is 20.1. The molecule has 2 aromatic carbocycles. The Hall–Kier alpha value is -2.35. The van der Waals surface area contributed by atoms with Gasteiger partial charge in [-0.2, -0.15) is 13.2 Å². The van der Waals surface area contributed by atoms with Crippen molar-refractivity contribution in [1.29, 1.82) is 0 Å². The first-order valence-electron chi connectivity index (χ1n) is 8.00. The summed E-state index contributed by atoms with van der Waals surface area (Å²) in [5, 5.41) is 2.34. The quantitative estimate of drug-likeness (QED) is 0.564. The summed E-state index contributed by atoms with van der Waals surface area (Å²) in [5.74, 6) is -2.10. The summed E-state index contributed by atoms with van der Waals surface area (Å²) in [5.41, 5.74) is -1.80. The van der Waals surface area contributed by atoms with Gasteiger partial charge in [0, 0.05) is 15.7 Å². The van der Waals surface area contributed by atoms with E-state index >= 15 is 0 Å². The van der Waals surface area contributed by atoms with Crippen LogP contribution < -0.4 is 5.32 Å². The van der Waals surface area contributed by atoms with E-state index in [9.17, 15) is 22.8 Å². The maximum atomic E-state index is 14.0. The highest BCUT2D eigenvalue weighted by molar-refractivity contribution is 9.10. The van der Waals surface area contributed by atoms with E-state index in [2.05, 4.69) is 26.0 Å². The smallest absolute Gasteiger partial charge is 0.410 e. The number of methoxy groups -OCH3 is 1. The molecule has 0 fully saturated rings. The average molecular weight is 442 g/mol. The molecule has 8 heteroatoms. The number of halogens is 4. The van der Waals surface area contributed by atoms with Crippen LogP contribution in [-0.4, -0.2) is 31.1 Å². The fourth-order valence-corrected chi connectivity index (χ4v) is 3.68. The van der Waals surface area contributed by atoms with Crippen LogP contribution >= 0.6 is 15.9 Å². The summed E-state index contributed by atoms with van der Waals surface area (Å²) >= 11 is 3.21. The lowest BCUT2D eigenvalue weighted by Crippen LogP contribution is -2.58. The predicted molar refractivity (Wildman–Crippen MR) is 96.5 cm³/mol. The number of carbonyl (C=O) groups is 2. The average Bonchev–Trinajstić information content (AvgIpc) is 2.93. The zero-order chi connectivity index (χ0) is 19.8. The molecule has 2 unspecified atom stereocenters. The van der Waals surface area contributed by atoms with Gasteiger partial charge in [0.2, 0.25) is 0 Å². The minimum absolute atomic E-state index is 0.106. The Morgan fingerprint density at radius 2 is 1.81 bits per heavy atom. The first-order chi connectivity index (χ1) is 12.7. The number of ketones is 1. The number of alkyl halides is 3. The summed E-state index contributed by atoms with van der Waals surface area (Å²) < 4.78 is 47.5. The van der Waals surface area contributed by atoms with Crippen molar-refractivity contribution in [2.45, 2.75) is 18.6 Å². The van der Waals surface area contributed by atoms with Crippen molar-refractivity contribution in [2.24, 2.45) is 5.41 Å². The summed E-state index contributed by atoms with van der Waals surface area (Å²) in [6, 6.07) is 9.68. The molecule has 0 spiro atoms. The van der Waals surface area contributed by atoms with Crippen LogP contribution in [0.4, 0.5) is 18.9 Å². The van der Waals surface area contributed by atoms with Crippen molar-refractivity contribution in [1.82, 2.24) is 0 Å². The topological polar surface area (TPSA) is 55.4 Å². The fourth-order valence-electron chi connectivity index (χ4n) is 3.41. The highest BCUT2D eigenvalue weighted by atomic mass is 79.9. The molecule has 0 aliphatic heterocycles. The molecule has 0 amide bonds. The second kappa shape index (κ2) is 6.99. The number of ether oxygens (including phenoxy) is 1. The molecule has 4 nitrogen and oxygen atoms in total. The van der Waals surface area contributed by atoms with Gasteiger partial charge in [0.15, 0.2) is 11.2 Å². The highest BCUT2D eigenvalue weighted by Crippen LogP contribution is 2.46. The number of rotatable bonds is 4. The number of nitrogens with one attached hydrogen (secondary N) is 1. The number of anilines is 1. The number of fused-ring (bicyclic) bond motifs is 1. The Kier molecular flexibility index (Phi) is 5.03. The Bertz CT molecular complexity index is 883. The summed E-state index contributed by atoms with van der Waals surface area (Å²) in [6.45, 7) is 0. The van der Waals surface area contributed by atoms with Gasteiger partial charge < -0.3 is 10.1 Å². The maximum absolute atomic E-state index is 14.0. The van der Waals surface area contributed by atoms with Crippen LogP contribution in [0.25, 0.3) is 0 Å². The lowest BCUT2D eigenvalue weighted by atomic mass is 9.75. The molecule has 1 N–H and O–H groups in total. The lowest BCUT2D eigenvalue weighted by Gasteiger charge is -2.35. The molecule has 142 valence electrons. The number of carbonyl (C=O) groups excluding carboxylic acids is 2. The number of Topliss-reactive ketones (excluding diaryl/α,β-unsaturated/α-hetero) is 1. The third-order valence-corrected chi connectivity index (χ3v) is 5.19. The number of esters is 1. The van der Waals surface area contributed by atoms with Crippen molar-refractivity contribution in [2.75, 3.05) is 12.4 Å². The van der Waals surface area contributed by atoms with Crippen LogP contribution in [0.15, 0.2) is 53.0 Å². The van der Waals surface area contributed by atoms with E-state index in [4.69, 9.17) is 0 Å². The number of hydrogen-bond donors (Lipinski definition) is 1. The van der Waals surface area contributed by atoms with Gasteiger partial charge >= 0.3 is 12.1 Å². The maximum Gasteiger partial charge on any atom is 0.410 e. The second-order valence-electron chi connectivity index (χ2n) is 6.25. The first kappa shape index (κ1) is 19.4. The summed E-state index contributed by atoms with van der Waals surface area (Å²) in [6.07, 6.45) is -5.26. The molecule has 0 bridgehead atoms. The van der Waals surface area contributed by atoms with E-state index in [1.165, 1.54) is 18.2 Å². The van der Waals surface area contributed by atoms with Crippen LogP contribution in [0.3, 0.4) is 0 Å². The van der Waals surface area contributed by atoms with Gasteiger partial charge in [-0.3, -0.25) is 9.59 Å². The Morgan fingerprint density at radius 1 is 1.19 bits per heavy atom. The minimum Gasteiger partial charge on any atom is -0.468 e. The van der Waals surface area contributed by atoms with Crippen molar-refractivity contribution < 1.29 is 27.5 Å². The van der Waals surface area contributed by atoms with E-state index in [0.717, 1.165) is 7.11 Å². The molecule has 27 heavy (non-hydrogen) atoms. The Labute approximate surface area is 161 Å². The number of hydrogen-bond acceptors (Lipinski definition) is 4. The van der Waals surface area contributed by atoms with Gasteiger partial charge in [0.25, 0.3) is 0 Å². The molecule has 0 heterocycles. The van der Waals surface area contributed by atoms with E-state index in [-0.39, 0.29) is 17.7 Å². The molecule has 1 aliphatic rings. The standard InChI is InChI=1S/C19H15BrF3NO3/c1-27-17(26)18(10-11-4-2-3-5-14(11)15(18)25)16(19(21,22)23)24-13-8-6-12(20)7-9-13/h2-9,16,24H,10H2,1H3. The molecule has 2 atom stereocenters. The van der Waals surface area contributed by atoms with Crippen LogP contribution in [0, 0.1) is 5.41 Å². The van der Waals surface area contributed by atoms with E-state index < -0.39 is 29.4 Å². The van der Waals surface area contributed by atoms with Gasteiger partial charge in [0.1, 0.15) is 6.04 Å². The molecule has 2 aromatic rings. The van der Waals surface area contributed by atoms with Crippen LogP contribution in [0.2, 0.25) is 0 Å². The van der Waals surface area contributed by atoms with Crippen molar-refractivity contribution in [3.8, 4) is 0 Å². The summed E-state index contributed by atoms with van der Waals surface area (Å²) in [7, 11) is 0.980. The van der Waals surface area contributed by atoms with Gasteiger partial charge in [-0.1, -0.05) is 40.2 Å². The lowest BCUT2D eigenvalue weighted by molar-refractivity contribution is -0.179. The van der Waals surface area contributed by atoms with Crippen molar-refractivity contribution in [3.05, 3.63) is 64.1 Å². The van der Waals surface area contributed by atoms with Crippen molar-refractivity contribution >= 4 is 33.4 Å². The monoisotopic (exact) mass is 441 g/mol. The van der Waals surface area contributed by atoms with E-state index in [1.54, 1.807) is 30.3 Å². The molecule has 0 radical (unpaired) electrons. The molecular formula is C19H15BrF3NO3. The summed E-state index contributed by atoms with van der Waals surface area (Å²) in [4.78, 5) is 25.6. The van der Waals surface area contributed by atoms with Crippen molar-refractivity contribution in [3.63, 3.8) is 0 Å². The second-order valence-corrected chi connectivity index (χ2v) is 7.17. The third-order valence-electron chi connectivity index (χ3n) is 4.66. The molecule has 0 aromatic heterocycles. The predicted octanol–water partition coefficient (Wildman–Crippen LogP) is 4.39. The van der Waals surface area contributed by atoms with E-state index in [1.807, 2.05) is 0 Å². The van der Waals surface area contributed by atoms with E-state index in [0.29, 0.717) is 10.0 Å². The SMILES string of the molecule is COC(=O)C1(C(Nc2ccc(Br)cc2)C(F)(F)F)Cc2ccccc2C1=O. The molecule has 1 aliphatic carbocycles. The van der Waals surface area contributed by atoms with Gasteiger partial charge in [-0.25, -0.2) is 0 Å². The van der Waals surface area contributed by atoms with Gasteiger partial charge in [0.05, 0.1) is 7.11 Å². The molecule has 3 rings (SSSR count). The zero-order valence-electron chi connectivity index (χ0n) is 14.1. The number of benzene rings is 2. The van der Waals surface area contributed by atoms with Crippen LogP contribution in [0.1, 0.15) is 15.9 Å². The minimum atomic E-state index is -4.88. The highest BCUT2D eigenvalue weighted by Gasteiger charge is 2.65. The first-order valence-corrected chi connectivity index (χ1v) is 8.79. The Morgan fingerprint density at radius 3 is 2.37 bits per heavy atom. The van der Waals surface area contributed by atoms with Gasteiger partial charge in [-0.05, 0) is 36.2 Å². The molecular weight excluding hydrogens is 427 g/mol. The van der Waals surface area contributed by atoms with Crippen LogP contribution in [0.5, 0.6) is 0 Å². The zero-order valence-corrected chi connectivity index (χ0v) is 15.7. The molecule has 0 saturated heterocycles. The Balaban J connectivity index is 2.12.